The molecule has 2 radical (unpaired) electrons. The Kier molecular flexibility index (Phi) is 8.02. The van der Waals surface area contributed by atoms with E-state index in [1.54, 1.807) is 0 Å². The predicted octanol–water partition coefficient (Wildman–Crippen LogP) is 1.85. The van der Waals surface area contributed by atoms with E-state index in [4.69, 9.17) is 0 Å². The van der Waals surface area contributed by atoms with Gasteiger partial charge in [0.15, 0.2) is 0 Å². The quantitative estimate of drug-likeness (QED) is 0.507. The Labute approximate surface area is 62.6 Å². The topological polar surface area (TPSA) is 26.3 Å². The Balaban J connectivity index is 2.70. The van der Waals surface area contributed by atoms with Gasteiger partial charge in [0.2, 0.25) is 0 Å². The first-order valence-electron chi connectivity index (χ1n) is 3.70. The highest BCUT2D eigenvalue weighted by Crippen LogP contribution is 2.01. The molecule has 0 heterocycles. The second kappa shape index (κ2) is 8.47. The van der Waals surface area contributed by atoms with E-state index < -0.39 is 0 Å². The minimum atomic E-state index is 0.515. The van der Waals surface area contributed by atoms with Crippen molar-refractivity contribution < 1.29 is 9.53 Å². The molecule has 0 aromatic rings. The SMILES string of the molecule is [CH2]CCCCCCO[C]=O. The molecule has 0 aliphatic rings. The molecule has 0 bridgehead atoms. The average molecular weight is 142 g/mol. The van der Waals surface area contributed by atoms with Crippen molar-refractivity contribution >= 4 is 6.47 Å². The molecule has 2 nitrogen and oxygen atoms in total. The molecule has 0 rings (SSSR count). The first-order chi connectivity index (χ1) is 4.91. The van der Waals surface area contributed by atoms with E-state index in [0.29, 0.717) is 6.61 Å². The van der Waals surface area contributed by atoms with Crippen molar-refractivity contribution in [1.82, 2.24) is 0 Å². The van der Waals surface area contributed by atoms with Crippen molar-refractivity contribution in [3.63, 3.8) is 0 Å². The van der Waals surface area contributed by atoms with Gasteiger partial charge >= 0.3 is 6.47 Å². The molecule has 0 aromatic carbocycles. The number of unbranched alkanes of at least 4 members (excludes halogenated alkanes) is 4. The molecule has 58 valence electrons. The van der Waals surface area contributed by atoms with E-state index in [1.807, 2.05) is 0 Å². The fourth-order valence-corrected chi connectivity index (χ4v) is 0.746. The maximum absolute atomic E-state index is 9.54. The second-order valence-corrected chi connectivity index (χ2v) is 2.20. The third-order valence-corrected chi connectivity index (χ3v) is 1.31. The van der Waals surface area contributed by atoms with E-state index in [-0.39, 0.29) is 0 Å². The fraction of sp³-hybridized carbons (Fsp3) is 0.750. The van der Waals surface area contributed by atoms with Crippen LogP contribution >= 0.6 is 0 Å². The summed E-state index contributed by atoms with van der Waals surface area (Å²) in [6.45, 7) is 5.64. The lowest BCUT2D eigenvalue weighted by molar-refractivity contribution is 0.269. The number of hydrogen-bond acceptors (Lipinski definition) is 2. The monoisotopic (exact) mass is 142 g/mol. The van der Waals surface area contributed by atoms with Crippen LogP contribution in [0.1, 0.15) is 32.1 Å². The Bertz CT molecular complexity index is 71.7. The number of carbonyl (C=O) groups excluding carboxylic acids is 1. The zero-order chi connectivity index (χ0) is 7.66. The summed E-state index contributed by atoms with van der Waals surface area (Å²) in [5.74, 6) is 0. The highest BCUT2D eigenvalue weighted by Gasteiger charge is 1.88. The summed E-state index contributed by atoms with van der Waals surface area (Å²) in [4.78, 5) is 9.54. The molecule has 0 saturated carbocycles. The molecular formula is C8H14O2. The zero-order valence-corrected chi connectivity index (χ0v) is 6.27. The summed E-state index contributed by atoms with van der Waals surface area (Å²) in [7, 11) is 0. The largest absolute Gasteiger partial charge is 0.457 e. The number of ether oxygens (including phenoxy) is 1. The summed E-state index contributed by atoms with van der Waals surface area (Å²) >= 11 is 0. The smallest absolute Gasteiger partial charge is 0.417 e. The van der Waals surface area contributed by atoms with Crippen LogP contribution in [-0.4, -0.2) is 13.1 Å². The van der Waals surface area contributed by atoms with Gasteiger partial charge in [0.25, 0.3) is 0 Å². The first kappa shape index (κ1) is 9.47. The normalized spacial score (nSPS) is 9.30. The Morgan fingerprint density at radius 3 is 2.50 bits per heavy atom. The summed E-state index contributed by atoms with van der Waals surface area (Å²) in [5, 5.41) is 0. The average Bonchev–Trinajstić information content (AvgIpc) is 1.97. The van der Waals surface area contributed by atoms with Gasteiger partial charge in [0, 0.05) is 0 Å². The molecule has 10 heavy (non-hydrogen) atoms. The lowest BCUT2D eigenvalue weighted by Gasteiger charge is -1.96. The standard InChI is InChI=1S/C8H14O2/c1-2-3-4-5-6-7-10-8-9/h1-7H2. The van der Waals surface area contributed by atoms with Gasteiger partial charge in [-0.1, -0.05) is 32.6 Å². The van der Waals surface area contributed by atoms with Gasteiger partial charge < -0.3 is 4.74 Å². The lowest BCUT2D eigenvalue weighted by Crippen LogP contribution is -1.90. The summed E-state index contributed by atoms with van der Waals surface area (Å²) in [5.41, 5.74) is 0. The van der Waals surface area contributed by atoms with Gasteiger partial charge in [-0.25, -0.2) is 4.79 Å². The molecule has 0 aromatic heterocycles. The molecule has 0 atom stereocenters. The van der Waals surface area contributed by atoms with Crippen LogP contribution in [0.3, 0.4) is 0 Å². The summed E-state index contributed by atoms with van der Waals surface area (Å²) in [6.07, 6.45) is 5.43. The highest BCUT2D eigenvalue weighted by atomic mass is 16.5. The van der Waals surface area contributed by atoms with Crippen molar-refractivity contribution in [2.24, 2.45) is 0 Å². The molecule has 0 saturated heterocycles. The zero-order valence-electron chi connectivity index (χ0n) is 6.27. The fourth-order valence-electron chi connectivity index (χ4n) is 0.746. The molecule has 0 N–H and O–H groups in total. The van der Waals surface area contributed by atoms with Gasteiger partial charge in [-0.2, -0.15) is 0 Å². The molecule has 0 fully saturated rings. The molecule has 0 aliphatic heterocycles. The third kappa shape index (κ3) is 7.47. The maximum Gasteiger partial charge on any atom is 0.417 e. The van der Waals surface area contributed by atoms with Crippen molar-refractivity contribution in [3.05, 3.63) is 6.92 Å². The van der Waals surface area contributed by atoms with Crippen molar-refractivity contribution in [3.8, 4) is 0 Å². The van der Waals surface area contributed by atoms with Crippen LogP contribution in [0, 0.1) is 6.92 Å². The van der Waals surface area contributed by atoms with Crippen LogP contribution in [0.5, 0.6) is 0 Å². The Hall–Kier alpha value is -0.530. The van der Waals surface area contributed by atoms with Crippen molar-refractivity contribution in [1.29, 1.82) is 0 Å². The number of rotatable bonds is 7. The minimum Gasteiger partial charge on any atom is -0.457 e. The van der Waals surface area contributed by atoms with E-state index in [2.05, 4.69) is 11.7 Å². The third-order valence-electron chi connectivity index (χ3n) is 1.31. The van der Waals surface area contributed by atoms with Crippen LogP contribution in [-0.2, 0) is 9.53 Å². The van der Waals surface area contributed by atoms with Crippen LogP contribution in [0.25, 0.3) is 0 Å². The summed E-state index contributed by atoms with van der Waals surface area (Å²) < 4.78 is 4.39. The van der Waals surface area contributed by atoms with Crippen molar-refractivity contribution in [2.75, 3.05) is 6.61 Å². The van der Waals surface area contributed by atoms with E-state index in [0.717, 1.165) is 19.3 Å². The van der Waals surface area contributed by atoms with E-state index >= 15 is 0 Å². The van der Waals surface area contributed by atoms with Gasteiger partial charge in [-0.3, -0.25) is 0 Å². The van der Waals surface area contributed by atoms with Gasteiger partial charge in [-0.15, -0.1) is 0 Å². The second-order valence-electron chi connectivity index (χ2n) is 2.20. The predicted molar refractivity (Wildman–Crippen MR) is 40.1 cm³/mol. The molecule has 0 unspecified atom stereocenters. The number of hydrogen-bond donors (Lipinski definition) is 0. The van der Waals surface area contributed by atoms with Crippen LogP contribution in [0.15, 0.2) is 0 Å². The Morgan fingerprint density at radius 1 is 1.20 bits per heavy atom. The van der Waals surface area contributed by atoms with Gasteiger partial charge in [0.05, 0.1) is 6.61 Å². The van der Waals surface area contributed by atoms with Gasteiger partial charge in [-0.05, 0) is 6.42 Å². The van der Waals surface area contributed by atoms with Crippen LogP contribution in [0.2, 0.25) is 0 Å². The maximum atomic E-state index is 9.54. The van der Waals surface area contributed by atoms with E-state index in [1.165, 1.54) is 19.3 Å². The minimum absolute atomic E-state index is 0.515. The van der Waals surface area contributed by atoms with Gasteiger partial charge in [0.1, 0.15) is 0 Å². The van der Waals surface area contributed by atoms with Crippen molar-refractivity contribution in [2.45, 2.75) is 32.1 Å². The van der Waals surface area contributed by atoms with Crippen LogP contribution in [0.4, 0.5) is 0 Å². The molecular weight excluding hydrogens is 128 g/mol. The molecule has 0 aliphatic carbocycles. The first-order valence-corrected chi connectivity index (χ1v) is 3.70. The molecule has 0 spiro atoms. The molecule has 0 amide bonds. The Morgan fingerprint density at radius 2 is 1.90 bits per heavy atom. The van der Waals surface area contributed by atoms with E-state index in [9.17, 15) is 4.79 Å². The van der Waals surface area contributed by atoms with Crippen LogP contribution < -0.4 is 0 Å². The molecule has 2 heteroatoms. The lowest BCUT2D eigenvalue weighted by atomic mass is 10.2. The highest BCUT2D eigenvalue weighted by molar-refractivity contribution is 5.37. The summed E-state index contributed by atoms with van der Waals surface area (Å²) in [6, 6.07) is 0.